The molecule has 0 unspecified atom stereocenters. The Hall–Kier alpha value is -1.09. The van der Waals surface area contributed by atoms with Crippen LogP contribution in [0.1, 0.15) is 50.7 Å². The molecule has 3 heteroatoms. The number of anilines is 1. The maximum atomic E-state index is 5.88. The molecule has 0 spiro atoms. The van der Waals surface area contributed by atoms with Crippen LogP contribution in [0.3, 0.4) is 0 Å². The summed E-state index contributed by atoms with van der Waals surface area (Å²) >= 11 is 5.20. The SMILES string of the molecule is CCC1(CC)CCN(c2cc(C)ccc2C(N)=S)CC1. The van der Waals surface area contributed by atoms with E-state index in [0.717, 1.165) is 18.7 Å². The summed E-state index contributed by atoms with van der Waals surface area (Å²) in [6.45, 7) is 9.00. The second-order valence-corrected chi connectivity index (χ2v) is 6.52. The van der Waals surface area contributed by atoms with Crippen molar-refractivity contribution in [3.8, 4) is 0 Å². The minimum atomic E-state index is 0.503. The van der Waals surface area contributed by atoms with E-state index in [4.69, 9.17) is 18.0 Å². The zero-order valence-electron chi connectivity index (χ0n) is 12.9. The van der Waals surface area contributed by atoms with Gasteiger partial charge < -0.3 is 10.6 Å². The monoisotopic (exact) mass is 290 g/mol. The van der Waals surface area contributed by atoms with Gasteiger partial charge >= 0.3 is 0 Å². The second kappa shape index (κ2) is 6.13. The third-order valence-electron chi connectivity index (χ3n) is 5.08. The molecule has 0 bridgehead atoms. The first-order valence-electron chi connectivity index (χ1n) is 7.67. The average molecular weight is 290 g/mol. The lowest BCUT2D eigenvalue weighted by molar-refractivity contribution is 0.199. The summed E-state index contributed by atoms with van der Waals surface area (Å²) in [4.78, 5) is 2.97. The Balaban J connectivity index is 2.22. The van der Waals surface area contributed by atoms with E-state index in [-0.39, 0.29) is 0 Å². The first-order chi connectivity index (χ1) is 9.51. The van der Waals surface area contributed by atoms with Gasteiger partial charge in [0.25, 0.3) is 0 Å². The largest absolute Gasteiger partial charge is 0.389 e. The van der Waals surface area contributed by atoms with Crippen LogP contribution in [0.25, 0.3) is 0 Å². The van der Waals surface area contributed by atoms with E-state index < -0.39 is 0 Å². The number of rotatable bonds is 4. The highest BCUT2D eigenvalue weighted by atomic mass is 32.1. The van der Waals surface area contributed by atoms with E-state index in [1.54, 1.807) is 0 Å². The lowest BCUT2D eigenvalue weighted by atomic mass is 9.74. The molecule has 2 nitrogen and oxygen atoms in total. The van der Waals surface area contributed by atoms with Crippen LogP contribution in [-0.2, 0) is 0 Å². The van der Waals surface area contributed by atoms with Crippen molar-refractivity contribution in [2.45, 2.75) is 46.5 Å². The minimum absolute atomic E-state index is 0.503. The van der Waals surface area contributed by atoms with Gasteiger partial charge in [-0.25, -0.2) is 0 Å². The molecule has 1 aromatic rings. The van der Waals surface area contributed by atoms with Gasteiger partial charge in [-0.15, -0.1) is 0 Å². The van der Waals surface area contributed by atoms with Crippen molar-refractivity contribution >= 4 is 22.9 Å². The highest BCUT2D eigenvalue weighted by Crippen LogP contribution is 2.39. The van der Waals surface area contributed by atoms with Crippen molar-refractivity contribution in [2.75, 3.05) is 18.0 Å². The topological polar surface area (TPSA) is 29.3 Å². The number of aryl methyl sites for hydroxylation is 1. The molecule has 1 fully saturated rings. The number of nitrogens with zero attached hydrogens (tertiary/aromatic N) is 1. The number of piperidine rings is 1. The van der Waals surface area contributed by atoms with Crippen molar-refractivity contribution in [3.05, 3.63) is 29.3 Å². The maximum absolute atomic E-state index is 5.88. The number of benzene rings is 1. The molecule has 0 atom stereocenters. The summed E-state index contributed by atoms with van der Waals surface area (Å²) in [5.74, 6) is 0. The quantitative estimate of drug-likeness (QED) is 0.849. The molecule has 110 valence electrons. The lowest BCUT2D eigenvalue weighted by Gasteiger charge is -2.42. The molecule has 0 radical (unpaired) electrons. The molecule has 1 heterocycles. The van der Waals surface area contributed by atoms with Crippen molar-refractivity contribution in [2.24, 2.45) is 11.1 Å². The van der Waals surface area contributed by atoms with Gasteiger partial charge in [-0.2, -0.15) is 0 Å². The molecule has 2 rings (SSSR count). The fraction of sp³-hybridized carbons (Fsp3) is 0.588. The van der Waals surface area contributed by atoms with Gasteiger partial charge in [-0.1, -0.05) is 45.0 Å². The normalized spacial score (nSPS) is 18.1. The predicted octanol–water partition coefficient (Wildman–Crippen LogP) is 4.04. The number of thiocarbonyl (C=S) groups is 1. The highest BCUT2D eigenvalue weighted by molar-refractivity contribution is 7.80. The van der Waals surface area contributed by atoms with Gasteiger partial charge in [-0.05, 0) is 42.9 Å². The van der Waals surface area contributed by atoms with Crippen molar-refractivity contribution < 1.29 is 0 Å². The van der Waals surface area contributed by atoms with Gasteiger partial charge in [0.15, 0.2) is 0 Å². The fourth-order valence-corrected chi connectivity index (χ4v) is 3.46. The van der Waals surface area contributed by atoms with Crippen molar-refractivity contribution in [1.82, 2.24) is 0 Å². The standard InChI is InChI=1S/C17H26N2S/c1-4-17(5-2)8-10-19(11-9-17)15-12-13(3)6-7-14(15)16(18)20/h6-7,12H,4-5,8-11H2,1-3H3,(H2,18,20). The summed E-state index contributed by atoms with van der Waals surface area (Å²) in [6.07, 6.45) is 5.11. The molecule has 0 saturated carbocycles. The Morgan fingerprint density at radius 2 is 1.85 bits per heavy atom. The lowest BCUT2D eigenvalue weighted by Crippen LogP contribution is -2.40. The third kappa shape index (κ3) is 2.98. The van der Waals surface area contributed by atoms with Crippen LogP contribution in [-0.4, -0.2) is 18.1 Å². The minimum Gasteiger partial charge on any atom is -0.389 e. The Labute approximate surface area is 128 Å². The number of hydrogen-bond acceptors (Lipinski definition) is 2. The summed E-state index contributed by atoms with van der Waals surface area (Å²) in [6, 6.07) is 6.37. The van der Waals surface area contributed by atoms with E-state index in [9.17, 15) is 0 Å². The van der Waals surface area contributed by atoms with E-state index in [2.05, 4.69) is 43.9 Å². The zero-order chi connectivity index (χ0) is 14.8. The molecular weight excluding hydrogens is 264 g/mol. The second-order valence-electron chi connectivity index (χ2n) is 6.08. The van der Waals surface area contributed by atoms with Crippen LogP contribution in [0.2, 0.25) is 0 Å². The average Bonchev–Trinajstić information content (AvgIpc) is 2.47. The van der Waals surface area contributed by atoms with Gasteiger partial charge in [0.05, 0.1) is 0 Å². The van der Waals surface area contributed by atoms with Gasteiger partial charge in [-0.3, -0.25) is 0 Å². The van der Waals surface area contributed by atoms with Gasteiger partial charge in [0.2, 0.25) is 0 Å². The Bertz CT molecular complexity index is 482. The molecule has 1 saturated heterocycles. The molecule has 0 amide bonds. The summed E-state index contributed by atoms with van der Waals surface area (Å²) in [7, 11) is 0. The summed E-state index contributed by atoms with van der Waals surface area (Å²) in [5, 5.41) is 0. The van der Waals surface area contributed by atoms with Gasteiger partial charge in [0.1, 0.15) is 4.99 Å². The predicted molar refractivity (Wildman–Crippen MR) is 91.5 cm³/mol. The van der Waals surface area contributed by atoms with Crippen LogP contribution in [0, 0.1) is 12.3 Å². The van der Waals surface area contributed by atoms with Crippen LogP contribution < -0.4 is 10.6 Å². The third-order valence-corrected chi connectivity index (χ3v) is 5.30. The molecule has 1 aliphatic rings. The molecule has 0 aliphatic carbocycles. The van der Waals surface area contributed by atoms with Crippen LogP contribution in [0.4, 0.5) is 5.69 Å². The zero-order valence-corrected chi connectivity index (χ0v) is 13.7. The molecule has 20 heavy (non-hydrogen) atoms. The fourth-order valence-electron chi connectivity index (χ4n) is 3.29. The number of nitrogens with two attached hydrogens (primary N) is 1. The van der Waals surface area contributed by atoms with E-state index >= 15 is 0 Å². The maximum Gasteiger partial charge on any atom is 0.106 e. The van der Waals surface area contributed by atoms with Crippen LogP contribution in [0.15, 0.2) is 18.2 Å². The van der Waals surface area contributed by atoms with Crippen LogP contribution in [0.5, 0.6) is 0 Å². The number of hydrogen-bond donors (Lipinski definition) is 1. The molecule has 0 aromatic heterocycles. The van der Waals surface area contributed by atoms with Crippen molar-refractivity contribution in [1.29, 1.82) is 0 Å². The highest BCUT2D eigenvalue weighted by Gasteiger charge is 2.31. The first-order valence-corrected chi connectivity index (χ1v) is 8.07. The molecular formula is C17H26N2S. The molecule has 1 aliphatic heterocycles. The Kier molecular flexibility index (Phi) is 4.69. The van der Waals surface area contributed by atoms with Crippen LogP contribution >= 0.6 is 12.2 Å². The van der Waals surface area contributed by atoms with Crippen molar-refractivity contribution in [3.63, 3.8) is 0 Å². The molecule has 1 aromatic carbocycles. The summed E-state index contributed by atoms with van der Waals surface area (Å²) in [5.41, 5.74) is 9.93. The molecule has 2 N–H and O–H groups in total. The first kappa shape index (κ1) is 15.3. The van der Waals surface area contributed by atoms with Gasteiger partial charge in [0, 0.05) is 24.3 Å². The Morgan fingerprint density at radius 1 is 1.25 bits per heavy atom. The van der Waals surface area contributed by atoms with E-state index in [1.807, 2.05) is 0 Å². The smallest absolute Gasteiger partial charge is 0.106 e. The van der Waals surface area contributed by atoms with E-state index in [1.165, 1.54) is 36.9 Å². The summed E-state index contributed by atoms with van der Waals surface area (Å²) < 4.78 is 0. The Morgan fingerprint density at radius 3 is 2.35 bits per heavy atom. The van der Waals surface area contributed by atoms with E-state index in [0.29, 0.717) is 10.4 Å².